The van der Waals surface area contributed by atoms with Crippen LogP contribution >= 0.6 is 0 Å². The van der Waals surface area contributed by atoms with E-state index >= 15 is 0 Å². The summed E-state index contributed by atoms with van der Waals surface area (Å²) >= 11 is 0. The monoisotopic (exact) mass is 375 g/mol. The van der Waals surface area contributed by atoms with Crippen LogP contribution in [0.15, 0.2) is 18.2 Å². The van der Waals surface area contributed by atoms with Crippen molar-refractivity contribution >= 4 is 17.6 Å². The van der Waals surface area contributed by atoms with Gasteiger partial charge in [-0.25, -0.2) is 0 Å². The predicted molar refractivity (Wildman–Crippen MR) is 96.6 cm³/mol. The maximum atomic E-state index is 12.1. The highest BCUT2D eigenvalue weighted by atomic mass is 16.6. The fraction of sp³-hybridized carbons (Fsp3) is 0.600. The third-order valence-corrected chi connectivity index (χ3v) is 5.58. The zero-order valence-electron chi connectivity index (χ0n) is 15.3. The van der Waals surface area contributed by atoms with Crippen molar-refractivity contribution in [3.05, 3.63) is 23.8 Å². The standard InChI is InChI=1S/C20H25NO6/c1-25-19(24)9-13-8-15-14-7-12(21-18(23)6-11-2-3-11)4-5-16(14)27-20(15)17(10-22)26-13/h4-5,7,11,13,15,17,20,22H,2-3,6,8-10H2,1H3,(H,21,23)/t13-,15+,17-,20-/m0/s1. The van der Waals surface area contributed by atoms with Gasteiger partial charge in [0.05, 0.1) is 26.2 Å². The zero-order chi connectivity index (χ0) is 19.0. The molecule has 1 aromatic rings. The smallest absolute Gasteiger partial charge is 0.308 e. The summed E-state index contributed by atoms with van der Waals surface area (Å²) in [5, 5.41) is 12.7. The number of hydrogen-bond donors (Lipinski definition) is 2. The van der Waals surface area contributed by atoms with Crippen molar-refractivity contribution < 1.29 is 28.9 Å². The summed E-state index contributed by atoms with van der Waals surface area (Å²) < 4.78 is 16.6. The van der Waals surface area contributed by atoms with Gasteiger partial charge in [0, 0.05) is 23.6 Å². The molecule has 0 unspecified atom stereocenters. The number of amides is 1. The Bertz CT molecular complexity index is 731. The van der Waals surface area contributed by atoms with Crippen LogP contribution in [0.4, 0.5) is 5.69 Å². The van der Waals surface area contributed by atoms with E-state index in [-0.39, 0.29) is 43.0 Å². The Morgan fingerprint density at radius 3 is 2.81 bits per heavy atom. The number of ether oxygens (including phenoxy) is 3. The molecule has 0 spiro atoms. The number of hydrogen-bond acceptors (Lipinski definition) is 6. The molecule has 1 aliphatic carbocycles. The molecule has 4 atom stereocenters. The Morgan fingerprint density at radius 1 is 1.30 bits per heavy atom. The van der Waals surface area contributed by atoms with Crippen molar-refractivity contribution in [2.75, 3.05) is 19.0 Å². The van der Waals surface area contributed by atoms with Gasteiger partial charge in [0.2, 0.25) is 5.91 Å². The molecule has 0 bridgehead atoms. The first kappa shape index (κ1) is 18.3. The summed E-state index contributed by atoms with van der Waals surface area (Å²) in [7, 11) is 1.35. The van der Waals surface area contributed by atoms with Crippen LogP contribution in [-0.4, -0.2) is 49.0 Å². The third kappa shape index (κ3) is 3.94. The molecule has 7 heteroatoms. The molecule has 1 amide bonds. The molecular weight excluding hydrogens is 350 g/mol. The number of anilines is 1. The van der Waals surface area contributed by atoms with Gasteiger partial charge in [-0.1, -0.05) is 0 Å². The van der Waals surface area contributed by atoms with Crippen molar-refractivity contribution in [2.24, 2.45) is 5.92 Å². The lowest BCUT2D eigenvalue weighted by molar-refractivity contribution is -0.156. The summed E-state index contributed by atoms with van der Waals surface area (Å²) in [5.74, 6) is 0.978. The molecule has 27 heavy (non-hydrogen) atoms. The highest BCUT2D eigenvalue weighted by Gasteiger charge is 2.46. The van der Waals surface area contributed by atoms with E-state index in [1.807, 2.05) is 18.2 Å². The van der Waals surface area contributed by atoms with E-state index in [1.54, 1.807) is 0 Å². The van der Waals surface area contributed by atoms with Crippen LogP contribution in [0, 0.1) is 5.92 Å². The molecule has 3 aliphatic rings. The minimum absolute atomic E-state index is 0.000778. The Morgan fingerprint density at radius 2 is 2.11 bits per heavy atom. The van der Waals surface area contributed by atoms with Crippen molar-refractivity contribution in [2.45, 2.75) is 56.3 Å². The van der Waals surface area contributed by atoms with Crippen LogP contribution in [0.5, 0.6) is 5.75 Å². The highest BCUT2D eigenvalue weighted by Crippen LogP contribution is 2.47. The maximum absolute atomic E-state index is 12.1. The number of nitrogens with one attached hydrogen (secondary N) is 1. The average molecular weight is 375 g/mol. The molecule has 2 N–H and O–H groups in total. The number of methoxy groups -OCH3 is 1. The highest BCUT2D eigenvalue weighted by molar-refractivity contribution is 5.91. The number of esters is 1. The quantitative estimate of drug-likeness (QED) is 0.739. The lowest BCUT2D eigenvalue weighted by Crippen LogP contribution is -2.46. The molecule has 1 saturated carbocycles. The summed E-state index contributed by atoms with van der Waals surface area (Å²) in [6, 6.07) is 5.63. The van der Waals surface area contributed by atoms with Gasteiger partial charge >= 0.3 is 5.97 Å². The molecule has 0 radical (unpaired) electrons. The second kappa shape index (κ2) is 7.48. The lowest BCUT2D eigenvalue weighted by Gasteiger charge is -2.36. The first-order valence-electron chi connectivity index (χ1n) is 9.51. The van der Waals surface area contributed by atoms with Crippen LogP contribution in [0.2, 0.25) is 0 Å². The van der Waals surface area contributed by atoms with Gasteiger partial charge < -0.3 is 24.6 Å². The van der Waals surface area contributed by atoms with Gasteiger partial charge in [0.1, 0.15) is 18.0 Å². The summed E-state index contributed by atoms with van der Waals surface area (Å²) in [4.78, 5) is 23.7. The number of aliphatic hydroxyl groups is 1. The fourth-order valence-electron chi connectivity index (χ4n) is 4.03. The van der Waals surface area contributed by atoms with E-state index in [1.165, 1.54) is 7.11 Å². The van der Waals surface area contributed by atoms with Gasteiger partial charge in [0.15, 0.2) is 0 Å². The largest absolute Gasteiger partial charge is 0.487 e. The molecule has 7 nitrogen and oxygen atoms in total. The van der Waals surface area contributed by atoms with Gasteiger partial charge in [-0.2, -0.15) is 0 Å². The molecule has 2 aliphatic heterocycles. The van der Waals surface area contributed by atoms with E-state index in [0.717, 1.165) is 29.8 Å². The van der Waals surface area contributed by atoms with Crippen LogP contribution in [0.3, 0.4) is 0 Å². The van der Waals surface area contributed by atoms with Gasteiger partial charge in [-0.15, -0.1) is 0 Å². The van der Waals surface area contributed by atoms with Crippen molar-refractivity contribution in [1.82, 2.24) is 0 Å². The first-order valence-corrected chi connectivity index (χ1v) is 9.51. The van der Waals surface area contributed by atoms with Crippen LogP contribution < -0.4 is 10.1 Å². The first-order chi connectivity index (χ1) is 13.1. The van der Waals surface area contributed by atoms with Crippen molar-refractivity contribution in [3.8, 4) is 5.75 Å². The minimum Gasteiger partial charge on any atom is -0.487 e. The average Bonchev–Trinajstić information content (AvgIpc) is 3.39. The van der Waals surface area contributed by atoms with Gasteiger partial charge in [-0.3, -0.25) is 9.59 Å². The molecule has 1 saturated heterocycles. The summed E-state index contributed by atoms with van der Waals surface area (Å²) in [6.45, 7) is -0.183. The second-order valence-corrected chi connectivity index (χ2v) is 7.63. The molecule has 2 heterocycles. The number of rotatable bonds is 6. The Labute approximate surface area is 158 Å². The van der Waals surface area contributed by atoms with Crippen molar-refractivity contribution in [3.63, 3.8) is 0 Å². The Balaban J connectivity index is 1.50. The number of fused-ring (bicyclic) bond motifs is 3. The topological polar surface area (TPSA) is 94.1 Å². The molecule has 146 valence electrons. The van der Waals surface area contributed by atoms with E-state index in [9.17, 15) is 14.7 Å². The fourth-order valence-corrected chi connectivity index (χ4v) is 4.03. The number of carbonyl (C=O) groups is 2. The van der Waals surface area contributed by atoms with E-state index < -0.39 is 6.10 Å². The number of aliphatic hydroxyl groups excluding tert-OH is 1. The molecule has 2 fully saturated rings. The number of benzene rings is 1. The maximum Gasteiger partial charge on any atom is 0.308 e. The van der Waals surface area contributed by atoms with Crippen molar-refractivity contribution in [1.29, 1.82) is 0 Å². The zero-order valence-corrected chi connectivity index (χ0v) is 15.3. The molecule has 1 aromatic carbocycles. The Kier molecular flexibility index (Phi) is 5.06. The minimum atomic E-state index is -0.501. The summed E-state index contributed by atoms with van der Waals surface area (Å²) in [5.41, 5.74) is 1.74. The second-order valence-electron chi connectivity index (χ2n) is 7.63. The van der Waals surface area contributed by atoms with E-state index in [2.05, 4.69) is 5.32 Å². The van der Waals surface area contributed by atoms with Gasteiger partial charge in [-0.05, 0) is 43.4 Å². The van der Waals surface area contributed by atoms with Crippen LogP contribution in [0.1, 0.15) is 43.6 Å². The van der Waals surface area contributed by atoms with E-state index in [4.69, 9.17) is 14.2 Å². The Hall–Kier alpha value is -2.12. The third-order valence-electron chi connectivity index (χ3n) is 5.58. The molecular formula is C20H25NO6. The van der Waals surface area contributed by atoms with Crippen LogP contribution in [0.25, 0.3) is 0 Å². The number of carbonyl (C=O) groups excluding carboxylic acids is 2. The van der Waals surface area contributed by atoms with E-state index in [0.29, 0.717) is 18.8 Å². The molecule has 4 rings (SSSR count). The SMILES string of the molecule is COC(=O)C[C@@H]1C[C@@H]2c3cc(NC(=O)CC4CC4)ccc3O[C@@H]2[C@H](CO)O1. The van der Waals surface area contributed by atoms with Crippen LogP contribution in [-0.2, 0) is 19.1 Å². The summed E-state index contributed by atoms with van der Waals surface area (Å²) in [6.07, 6.45) is 2.46. The van der Waals surface area contributed by atoms with Gasteiger partial charge in [0.25, 0.3) is 0 Å². The normalized spacial score (nSPS) is 28.7. The molecule has 0 aromatic heterocycles. The predicted octanol–water partition coefficient (Wildman–Crippen LogP) is 1.98. The lowest BCUT2D eigenvalue weighted by atomic mass is 9.84.